The molecule has 0 aromatic rings. The largest absolute Gasteiger partial charge is 0.480 e. The quantitative estimate of drug-likeness (QED) is 0.0189. The summed E-state index contributed by atoms with van der Waals surface area (Å²) < 4.78 is 32.5. The van der Waals surface area contributed by atoms with Crippen molar-refractivity contribution in [3.63, 3.8) is 0 Å². The standard InChI is InChI=1S/C39H66NO10P/c1-3-5-7-9-11-13-15-17-18-19-21-23-25-27-29-31-38(42)50-35(33-48-51(45,46)49-34-36(40)39(43)44)32-47-37(41)30-28-26-24-22-20-16-14-12-10-8-6-4-2/h5,7,9,11-15,17-18,35-36H,3-4,6,8,10,16,19-34,40H2,1-2H3,(H,43,44)(H,45,46)/b7-5+,11-9+,14-12+,15-13+,18-17+/t35-,36+/m1/s1. The molecule has 12 heteroatoms. The van der Waals surface area contributed by atoms with Gasteiger partial charge in [-0.05, 0) is 57.8 Å². The highest BCUT2D eigenvalue weighted by atomic mass is 31.2. The second-order valence-electron chi connectivity index (χ2n) is 12.4. The number of carboxylic acid groups (broad SMARTS) is 1. The van der Waals surface area contributed by atoms with E-state index in [2.05, 4.69) is 42.7 Å². The maximum atomic E-state index is 12.6. The van der Waals surface area contributed by atoms with Gasteiger partial charge in [0.15, 0.2) is 6.10 Å². The monoisotopic (exact) mass is 739 g/mol. The van der Waals surface area contributed by atoms with Crippen LogP contribution in [-0.4, -0.2) is 59.9 Å². The number of hydrogen-bond donors (Lipinski definition) is 3. The Labute approximate surface area is 307 Å². The van der Waals surface area contributed by atoms with Crippen LogP contribution in [0.5, 0.6) is 0 Å². The lowest BCUT2D eigenvalue weighted by molar-refractivity contribution is -0.161. The molecule has 3 atom stereocenters. The van der Waals surface area contributed by atoms with E-state index in [0.29, 0.717) is 12.8 Å². The molecule has 0 aromatic heterocycles. The van der Waals surface area contributed by atoms with Gasteiger partial charge in [-0.2, -0.15) is 0 Å². The molecule has 1 unspecified atom stereocenters. The summed E-state index contributed by atoms with van der Waals surface area (Å²) in [6, 6.07) is -1.53. The first-order valence-corrected chi connectivity index (χ1v) is 20.4. The van der Waals surface area contributed by atoms with Crippen molar-refractivity contribution in [2.75, 3.05) is 19.8 Å². The molecule has 0 fully saturated rings. The number of hydrogen-bond acceptors (Lipinski definition) is 9. The Balaban J connectivity index is 4.52. The van der Waals surface area contributed by atoms with Gasteiger partial charge in [0.25, 0.3) is 0 Å². The van der Waals surface area contributed by atoms with E-state index in [4.69, 9.17) is 24.8 Å². The maximum absolute atomic E-state index is 12.6. The van der Waals surface area contributed by atoms with Crippen molar-refractivity contribution in [2.45, 2.75) is 148 Å². The van der Waals surface area contributed by atoms with Gasteiger partial charge in [0, 0.05) is 12.8 Å². The number of carboxylic acids is 1. The molecule has 0 rings (SSSR count). The minimum absolute atomic E-state index is 0.130. The fourth-order valence-corrected chi connectivity index (χ4v) is 5.38. The SMILES string of the molecule is CC/C=C/C=C/C=C/C=C/CCCCCCCC(=O)O[C@H](COC(=O)CCCCCCC/C=C/CCCCC)COP(=O)(O)OC[C@H](N)C(=O)O. The van der Waals surface area contributed by atoms with Gasteiger partial charge < -0.3 is 25.2 Å². The molecular weight excluding hydrogens is 673 g/mol. The Morgan fingerprint density at radius 2 is 1.12 bits per heavy atom. The van der Waals surface area contributed by atoms with Crippen molar-refractivity contribution in [3.05, 3.63) is 60.8 Å². The van der Waals surface area contributed by atoms with E-state index in [1.807, 2.05) is 36.5 Å². The molecule has 0 amide bonds. The number of nitrogens with two attached hydrogens (primary N) is 1. The number of aliphatic carboxylic acids is 1. The average molecular weight is 740 g/mol. The van der Waals surface area contributed by atoms with Crippen molar-refractivity contribution in [1.82, 2.24) is 0 Å². The van der Waals surface area contributed by atoms with E-state index in [-0.39, 0.29) is 19.4 Å². The van der Waals surface area contributed by atoms with Crippen molar-refractivity contribution >= 4 is 25.7 Å². The van der Waals surface area contributed by atoms with E-state index in [1.165, 1.54) is 19.3 Å². The lowest BCUT2D eigenvalue weighted by Gasteiger charge is -2.20. The second-order valence-corrected chi connectivity index (χ2v) is 13.9. The zero-order chi connectivity index (χ0) is 37.8. The minimum atomic E-state index is -4.72. The van der Waals surface area contributed by atoms with E-state index >= 15 is 0 Å². The first-order chi connectivity index (χ1) is 24.6. The zero-order valence-corrected chi connectivity index (χ0v) is 32.1. The highest BCUT2D eigenvalue weighted by Gasteiger charge is 2.28. The summed E-state index contributed by atoms with van der Waals surface area (Å²) in [5.74, 6) is -2.43. The molecule has 0 saturated heterocycles. The first-order valence-electron chi connectivity index (χ1n) is 18.9. The molecule has 292 valence electrons. The van der Waals surface area contributed by atoms with E-state index in [9.17, 15) is 23.8 Å². The molecular formula is C39H66NO10P. The van der Waals surface area contributed by atoms with Crippen LogP contribution in [-0.2, 0) is 37.5 Å². The predicted molar refractivity (Wildman–Crippen MR) is 203 cm³/mol. The highest BCUT2D eigenvalue weighted by Crippen LogP contribution is 2.43. The third kappa shape index (κ3) is 34.1. The van der Waals surface area contributed by atoms with Crippen LogP contribution in [0.15, 0.2) is 60.8 Å². The van der Waals surface area contributed by atoms with Gasteiger partial charge in [-0.1, -0.05) is 126 Å². The lowest BCUT2D eigenvalue weighted by atomic mass is 10.1. The van der Waals surface area contributed by atoms with Crippen molar-refractivity contribution < 1.29 is 47.5 Å². The molecule has 0 heterocycles. The van der Waals surface area contributed by atoms with Crippen LogP contribution in [0, 0.1) is 0 Å². The number of carbonyl (C=O) groups is 3. The second kappa shape index (κ2) is 34.3. The molecule has 0 saturated carbocycles. The molecule has 0 radical (unpaired) electrons. The summed E-state index contributed by atoms with van der Waals surface area (Å²) in [6.07, 6.45) is 37.2. The van der Waals surface area contributed by atoms with Crippen molar-refractivity contribution in [3.8, 4) is 0 Å². The number of phosphoric ester groups is 1. The smallest absolute Gasteiger partial charge is 0.472 e. The number of unbranched alkanes of at least 4 members (excludes halogenated alkanes) is 13. The molecule has 0 bridgehead atoms. The van der Waals surface area contributed by atoms with Crippen LogP contribution in [0.4, 0.5) is 0 Å². The third-order valence-corrected chi connectivity index (χ3v) is 8.54. The van der Waals surface area contributed by atoms with Crippen LogP contribution in [0.1, 0.15) is 136 Å². The maximum Gasteiger partial charge on any atom is 0.472 e. The number of phosphoric acid groups is 1. The molecule has 0 aliphatic heterocycles. The summed E-state index contributed by atoms with van der Waals surface area (Å²) in [5.41, 5.74) is 5.31. The van der Waals surface area contributed by atoms with Gasteiger partial charge in [-0.15, -0.1) is 0 Å². The number of allylic oxidation sites excluding steroid dienone is 10. The van der Waals surface area contributed by atoms with E-state index in [1.54, 1.807) is 0 Å². The van der Waals surface area contributed by atoms with Gasteiger partial charge in [0.05, 0.1) is 13.2 Å². The normalized spacial score (nSPS) is 14.6. The molecule has 51 heavy (non-hydrogen) atoms. The number of carbonyl (C=O) groups excluding carboxylic acids is 2. The Hall–Kier alpha value is -2.82. The van der Waals surface area contributed by atoms with Gasteiger partial charge in [0.2, 0.25) is 0 Å². The Kier molecular flexibility index (Phi) is 32.4. The zero-order valence-electron chi connectivity index (χ0n) is 31.2. The number of rotatable bonds is 34. The van der Waals surface area contributed by atoms with Gasteiger partial charge >= 0.3 is 25.7 Å². The molecule has 0 aliphatic rings. The van der Waals surface area contributed by atoms with Crippen LogP contribution < -0.4 is 5.73 Å². The highest BCUT2D eigenvalue weighted by molar-refractivity contribution is 7.47. The Morgan fingerprint density at radius 3 is 1.71 bits per heavy atom. The summed E-state index contributed by atoms with van der Waals surface area (Å²) >= 11 is 0. The van der Waals surface area contributed by atoms with Crippen molar-refractivity contribution in [1.29, 1.82) is 0 Å². The minimum Gasteiger partial charge on any atom is -0.480 e. The van der Waals surface area contributed by atoms with E-state index in [0.717, 1.165) is 77.0 Å². The van der Waals surface area contributed by atoms with Gasteiger partial charge in [-0.25, -0.2) is 4.57 Å². The van der Waals surface area contributed by atoms with Gasteiger partial charge in [-0.3, -0.25) is 23.4 Å². The third-order valence-electron chi connectivity index (χ3n) is 7.59. The molecule has 0 aromatic carbocycles. The Bertz CT molecular complexity index is 1100. The molecule has 0 aliphatic carbocycles. The predicted octanol–water partition coefficient (Wildman–Crippen LogP) is 9.22. The van der Waals surface area contributed by atoms with Gasteiger partial charge in [0.1, 0.15) is 12.6 Å². The topological polar surface area (TPSA) is 172 Å². The molecule has 4 N–H and O–H groups in total. The summed E-state index contributed by atoms with van der Waals surface area (Å²) in [7, 11) is -4.72. The van der Waals surface area contributed by atoms with Crippen LogP contribution in [0.25, 0.3) is 0 Å². The average Bonchev–Trinajstić information content (AvgIpc) is 3.10. The van der Waals surface area contributed by atoms with Crippen LogP contribution >= 0.6 is 7.82 Å². The number of esters is 2. The first kappa shape index (κ1) is 48.2. The fourth-order valence-electron chi connectivity index (χ4n) is 4.60. The number of ether oxygens (including phenoxy) is 2. The summed E-state index contributed by atoms with van der Waals surface area (Å²) in [5, 5.41) is 8.85. The molecule has 11 nitrogen and oxygen atoms in total. The Morgan fingerprint density at radius 1 is 0.627 bits per heavy atom. The lowest BCUT2D eigenvalue weighted by Crippen LogP contribution is -2.34. The summed E-state index contributed by atoms with van der Waals surface area (Å²) in [6.45, 7) is 2.57. The summed E-state index contributed by atoms with van der Waals surface area (Å²) in [4.78, 5) is 45.7. The van der Waals surface area contributed by atoms with Crippen LogP contribution in [0.2, 0.25) is 0 Å². The fraction of sp³-hybridized carbons (Fsp3) is 0.667. The van der Waals surface area contributed by atoms with E-state index < -0.39 is 51.1 Å². The molecule has 0 spiro atoms. The van der Waals surface area contributed by atoms with Crippen LogP contribution in [0.3, 0.4) is 0 Å². The van der Waals surface area contributed by atoms with Crippen molar-refractivity contribution in [2.24, 2.45) is 5.73 Å².